The van der Waals surface area contributed by atoms with Crippen molar-refractivity contribution in [1.82, 2.24) is 0 Å². The minimum atomic E-state index is -0.922. The molecule has 0 atom stereocenters. The molecule has 5 nitrogen and oxygen atoms in total. The molecule has 5 heteroatoms. The number of nitrogens with two attached hydrogens (primary N) is 1. The average Bonchev–Trinajstić information content (AvgIpc) is 2.72. The van der Waals surface area contributed by atoms with Gasteiger partial charge in [-0.15, -0.1) is 0 Å². The fourth-order valence-electron chi connectivity index (χ4n) is 2.66. The van der Waals surface area contributed by atoms with Crippen molar-refractivity contribution in [2.24, 2.45) is 10.9 Å². The Bertz CT molecular complexity index is 720. The standard InChI is InChI=1S/C22H30N2O3/c1-3-14-27-24-17(2)19-8-10-21(11-9-19)20-6-4-18(5-7-20)12-13-22(23,15-25)16-26/h4-11,25-26H,3,12-16,23H2,1-2H3/b24-17+. The van der Waals surface area contributed by atoms with E-state index in [-0.39, 0.29) is 13.2 Å². The number of hydrogen-bond donors (Lipinski definition) is 3. The van der Waals surface area contributed by atoms with Crippen molar-refractivity contribution < 1.29 is 15.1 Å². The van der Waals surface area contributed by atoms with Gasteiger partial charge in [-0.1, -0.05) is 60.6 Å². The lowest BCUT2D eigenvalue weighted by Crippen LogP contribution is -2.47. The van der Waals surface area contributed by atoms with Gasteiger partial charge in [-0.2, -0.15) is 0 Å². The Morgan fingerprint density at radius 1 is 1.00 bits per heavy atom. The molecule has 0 saturated heterocycles. The first-order valence-corrected chi connectivity index (χ1v) is 9.38. The molecule has 0 bridgehead atoms. The summed E-state index contributed by atoms with van der Waals surface area (Å²) in [5, 5.41) is 22.7. The van der Waals surface area contributed by atoms with E-state index in [0.717, 1.165) is 34.4 Å². The highest BCUT2D eigenvalue weighted by Crippen LogP contribution is 2.22. The first kappa shape index (κ1) is 21.1. The number of aryl methyl sites for hydroxylation is 1. The zero-order chi connectivity index (χ0) is 19.7. The molecular weight excluding hydrogens is 340 g/mol. The van der Waals surface area contributed by atoms with Gasteiger partial charge in [0, 0.05) is 0 Å². The Morgan fingerprint density at radius 3 is 2.07 bits per heavy atom. The molecule has 2 rings (SSSR count). The van der Waals surface area contributed by atoms with Crippen LogP contribution in [0.5, 0.6) is 0 Å². The second-order valence-electron chi connectivity index (χ2n) is 6.96. The predicted octanol–water partition coefficient (Wildman–Crippen LogP) is 3.12. The van der Waals surface area contributed by atoms with Crippen LogP contribution >= 0.6 is 0 Å². The number of rotatable bonds is 10. The van der Waals surface area contributed by atoms with Gasteiger partial charge in [0.1, 0.15) is 6.61 Å². The van der Waals surface area contributed by atoms with Gasteiger partial charge in [-0.25, -0.2) is 0 Å². The minimum absolute atomic E-state index is 0.222. The summed E-state index contributed by atoms with van der Waals surface area (Å²) in [5.41, 5.74) is 10.3. The number of hydrogen-bond acceptors (Lipinski definition) is 5. The number of nitrogens with zero attached hydrogens (tertiary/aromatic N) is 1. The molecule has 27 heavy (non-hydrogen) atoms. The zero-order valence-electron chi connectivity index (χ0n) is 16.2. The van der Waals surface area contributed by atoms with Crippen molar-refractivity contribution in [2.75, 3.05) is 19.8 Å². The van der Waals surface area contributed by atoms with E-state index in [1.165, 1.54) is 0 Å². The molecule has 2 aromatic rings. The van der Waals surface area contributed by atoms with Gasteiger partial charge < -0.3 is 20.8 Å². The van der Waals surface area contributed by atoms with E-state index in [1.807, 2.05) is 19.1 Å². The molecule has 0 amide bonds. The third kappa shape index (κ3) is 6.17. The molecule has 0 aliphatic rings. The molecular formula is C22H30N2O3. The molecule has 4 N–H and O–H groups in total. The largest absolute Gasteiger partial charge is 0.396 e. The van der Waals surface area contributed by atoms with Crippen molar-refractivity contribution in [3.63, 3.8) is 0 Å². The van der Waals surface area contributed by atoms with E-state index in [1.54, 1.807) is 0 Å². The molecule has 0 heterocycles. The number of benzene rings is 2. The van der Waals surface area contributed by atoms with Crippen LogP contribution in [-0.2, 0) is 11.3 Å². The van der Waals surface area contributed by atoms with Crippen LogP contribution in [0.2, 0.25) is 0 Å². The van der Waals surface area contributed by atoms with Crippen molar-refractivity contribution in [3.05, 3.63) is 59.7 Å². The van der Waals surface area contributed by atoms with E-state index in [9.17, 15) is 10.2 Å². The van der Waals surface area contributed by atoms with Crippen LogP contribution < -0.4 is 5.73 Å². The maximum Gasteiger partial charge on any atom is 0.116 e. The van der Waals surface area contributed by atoms with Crippen LogP contribution in [0.15, 0.2) is 53.7 Å². The highest BCUT2D eigenvalue weighted by Gasteiger charge is 2.22. The Hall–Kier alpha value is -2.21. The van der Waals surface area contributed by atoms with E-state index < -0.39 is 5.54 Å². The number of oxime groups is 1. The van der Waals surface area contributed by atoms with E-state index >= 15 is 0 Å². The van der Waals surface area contributed by atoms with Crippen molar-refractivity contribution in [1.29, 1.82) is 0 Å². The van der Waals surface area contributed by atoms with E-state index in [4.69, 9.17) is 10.6 Å². The number of aliphatic hydroxyl groups excluding tert-OH is 2. The fourth-order valence-corrected chi connectivity index (χ4v) is 2.66. The van der Waals surface area contributed by atoms with Gasteiger partial charge in [0.15, 0.2) is 0 Å². The summed E-state index contributed by atoms with van der Waals surface area (Å²) in [4.78, 5) is 5.24. The first-order chi connectivity index (χ1) is 13.0. The van der Waals surface area contributed by atoms with Crippen LogP contribution in [-0.4, -0.2) is 41.3 Å². The molecule has 0 aliphatic heterocycles. The summed E-state index contributed by atoms with van der Waals surface area (Å²) in [6.07, 6.45) is 2.19. The maximum atomic E-state index is 9.28. The van der Waals surface area contributed by atoms with Crippen LogP contribution in [0.3, 0.4) is 0 Å². The van der Waals surface area contributed by atoms with E-state index in [0.29, 0.717) is 19.4 Å². The van der Waals surface area contributed by atoms with Gasteiger partial charge in [-0.3, -0.25) is 0 Å². The monoisotopic (exact) mass is 370 g/mol. The van der Waals surface area contributed by atoms with Gasteiger partial charge in [0.2, 0.25) is 0 Å². The van der Waals surface area contributed by atoms with Gasteiger partial charge in [0.25, 0.3) is 0 Å². The summed E-state index contributed by atoms with van der Waals surface area (Å²) >= 11 is 0. The summed E-state index contributed by atoms with van der Waals surface area (Å²) in [5.74, 6) is 0. The molecule has 146 valence electrons. The average molecular weight is 370 g/mol. The Morgan fingerprint density at radius 2 is 1.56 bits per heavy atom. The summed E-state index contributed by atoms with van der Waals surface area (Å²) < 4.78 is 0. The molecule has 0 fully saturated rings. The molecule has 0 spiro atoms. The van der Waals surface area contributed by atoms with E-state index in [2.05, 4.69) is 48.5 Å². The van der Waals surface area contributed by atoms with Gasteiger partial charge in [-0.05, 0) is 48.4 Å². The third-order valence-electron chi connectivity index (χ3n) is 4.63. The van der Waals surface area contributed by atoms with Gasteiger partial charge in [0.05, 0.1) is 24.5 Å². The smallest absolute Gasteiger partial charge is 0.116 e. The zero-order valence-corrected chi connectivity index (χ0v) is 16.2. The fraction of sp³-hybridized carbons (Fsp3) is 0.409. The van der Waals surface area contributed by atoms with Crippen LogP contribution in [0.1, 0.15) is 37.8 Å². The lowest BCUT2D eigenvalue weighted by atomic mass is 9.93. The molecule has 0 saturated carbocycles. The van der Waals surface area contributed by atoms with Crippen molar-refractivity contribution in [3.8, 4) is 11.1 Å². The Balaban J connectivity index is 2.01. The lowest BCUT2D eigenvalue weighted by Gasteiger charge is -2.24. The normalized spacial score (nSPS) is 12.3. The summed E-state index contributed by atoms with van der Waals surface area (Å²) in [7, 11) is 0. The minimum Gasteiger partial charge on any atom is -0.396 e. The Kier molecular flexibility index (Phi) is 7.98. The van der Waals surface area contributed by atoms with Crippen LogP contribution in [0.4, 0.5) is 0 Å². The second-order valence-corrected chi connectivity index (χ2v) is 6.96. The van der Waals surface area contributed by atoms with Crippen molar-refractivity contribution in [2.45, 2.75) is 38.6 Å². The van der Waals surface area contributed by atoms with Crippen LogP contribution in [0, 0.1) is 0 Å². The second kappa shape index (κ2) is 10.2. The molecule has 0 radical (unpaired) electrons. The predicted molar refractivity (Wildman–Crippen MR) is 110 cm³/mol. The first-order valence-electron chi connectivity index (χ1n) is 9.38. The van der Waals surface area contributed by atoms with Crippen LogP contribution in [0.25, 0.3) is 11.1 Å². The van der Waals surface area contributed by atoms with Gasteiger partial charge >= 0.3 is 0 Å². The molecule has 0 unspecified atom stereocenters. The van der Waals surface area contributed by atoms with Crippen molar-refractivity contribution >= 4 is 5.71 Å². The third-order valence-corrected chi connectivity index (χ3v) is 4.63. The molecule has 2 aromatic carbocycles. The highest BCUT2D eigenvalue weighted by atomic mass is 16.6. The molecule has 0 aromatic heterocycles. The maximum absolute atomic E-state index is 9.28. The lowest BCUT2D eigenvalue weighted by molar-refractivity contribution is 0.115. The molecule has 0 aliphatic carbocycles. The summed E-state index contributed by atoms with van der Waals surface area (Å²) in [6.45, 7) is 4.18. The topological polar surface area (TPSA) is 88.1 Å². The highest BCUT2D eigenvalue weighted by molar-refractivity contribution is 5.98. The quantitative estimate of drug-likeness (QED) is 0.341. The number of aliphatic hydroxyl groups is 2. The Labute approximate surface area is 161 Å². The summed E-state index contributed by atoms with van der Waals surface area (Å²) in [6, 6.07) is 16.5. The SMILES string of the molecule is CCCO/N=C(\C)c1ccc(-c2ccc(CCC(N)(CO)CO)cc2)cc1.